The predicted molar refractivity (Wildman–Crippen MR) is 93.5 cm³/mol. The molecule has 0 spiro atoms. The van der Waals surface area contributed by atoms with Gasteiger partial charge in [-0.05, 0) is 56.0 Å². The summed E-state index contributed by atoms with van der Waals surface area (Å²) in [5, 5.41) is 4.04. The van der Waals surface area contributed by atoms with Gasteiger partial charge in [-0.15, -0.1) is 0 Å². The van der Waals surface area contributed by atoms with Crippen LogP contribution in [-0.4, -0.2) is 18.8 Å². The van der Waals surface area contributed by atoms with E-state index in [0.717, 1.165) is 23.4 Å². The fourth-order valence-electron chi connectivity index (χ4n) is 2.80. The van der Waals surface area contributed by atoms with Gasteiger partial charge in [0.2, 0.25) is 0 Å². The van der Waals surface area contributed by atoms with Crippen molar-refractivity contribution in [2.45, 2.75) is 26.2 Å². The molecule has 0 saturated heterocycles. The molecule has 1 saturated carbocycles. The van der Waals surface area contributed by atoms with Gasteiger partial charge < -0.3 is 9.57 Å². The van der Waals surface area contributed by atoms with Crippen molar-refractivity contribution in [1.29, 1.82) is 0 Å². The Hall–Kier alpha value is -2.62. The fourth-order valence-corrected chi connectivity index (χ4v) is 2.80. The van der Waals surface area contributed by atoms with Crippen LogP contribution >= 0.6 is 0 Å². The Morgan fingerprint density at radius 3 is 2.38 bits per heavy atom. The zero-order valence-electron chi connectivity index (χ0n) is 14.2. The van der Waals surface area contributed by atoms with E-state index >= 15 is 0 Å². The molecule has 3 rings (SSSR count). The maximum atomic E-state index is 12.0. The second kappa shape index (κ2) is 6.87. The average Bonchev–Trinajstić information content (AvgIpc) is 3.41. The minimum absolute atomic E-state index is 0.337. The third kappa shape index (κ3) is 3.65. The monoisotopic (exact) mass is 323 g/mol. The lowest BCUT2D eigenvalue weighted by molar-refractivity contribution is 0.0514. The Bertz CT molecular complexity index is 747. The summed E-state index contributed by atoms with van der Waals surface area (Å²) >= 11 is 0. The number of benzene rings is 2. The molecule has 0 aliphatic heterocycles. The third-order valence-corrected chi connectivity index (χ3v) is 4.43. The number of methoxy groups -OCH3 is 1. The number of carbonyl (C=O) groups is 1. The van der Waals surface area contributed by atoms with Crippen molar-refractivity contribution in [1.82, 2.24) is 0 Å². The minimum Gasteiger partial charge on any atom is -0.497 e. The van der Waals surface area contributed by atoms with E-state index < -0.39 is 5.97 Å². The van der Waals surface area contributed by atoms with Crippen molar-refractivity contribution in [3.05, 3.63) is 65.2 Å². The van der Waals surface area contributed by atoms with Crippen molar-refractivity contribution >= 4 is 11.7 Å². The standard InChI is InChI=1S/C20H21NO3/c1-13-4-6-16(7-5-13)20(22)24-21-14(2)18-12-19(18)15-8-10-17(23-3)11-9-15/h4-11,18-19H,12H2,1-3H3/b21-14-/t18-,19-/m1/s1. The van der Waals surface area contributed by atoms with Gasteiger partial charge in [0.25, 0.3) is 0 Å². The van der Waals surface area contributed by atoms with Crippen LogP contribution < -0.4 is 4.74 Å². The first-order chi connectivity index (χ1) is 11.6. The molecule has 2 aromatic carbocycles. The Morgan fingerprint density at radius 2 is 1.75 bits per heavy atom. The quantitative estimate of drug-likeness (QED) is 0.467. The van der Waals surface area contributed by atoms with E-state index in [1.165, 1.54) is 5.56 Å². The zero-order chi connectivity index (χ0) is 17.1. The number of carbonyl (C=O) groups excluding carboxylic acids is 1. The van der Waals surface area contributed by atoms with Crippen LogP contribution in [0.5, 0.6) is 5.75 Å². The topological polar surface area (TPSA) is 47.9 Å². The lowest BCUT2D eigenvalue weighted by Gasteiger charge is -2.03. The highest BCUT2D eigenvalue weighted by Crippen LogP contribution is 2.48. The maximum absolute atomic E-state index is 12.0. The van der Waals surface area contributed by atoms with Gasteiger partial charge in [-0.3, -0.25) is 0 Å². The highest BCUT2D eigenvalue weighted by atomic mass is 16.7. The second-order valence-corrected chi connectivity index (χ2v) is 6.20. The molecule has 1 aliphatic rings. The number of nitrogens with zero attached hydrogens (tertiary/aromatic N) is 1. The first kappa shape index (κ1) is 16.2. The van der Waals surface area contributed by atoms with E-state index in [2.05, 4.69) is 17.3 Å². The summed E-state index contributed by atoms with van der Waals surface area (Å²) < 4.78 is 5.18. The molecule has 2 atom stereocenters. The summed E-state index contributed by atoms with van der Waals surface area (Å²) in [6.07, 6.45) is 1.03. The summed E-state index contributed by atoms with van der Waals surface area (Å²) in [5.41, 5.74) is 3.74. The molecular formula is C20H21NO3. The van der Waals surface area contributed by atoms with E-state index in [-0.39, 0.29) is 0 Å². The van der Waals surface area contributed by atoms with Gasteiger partial charge in [-0.2, -0.15) is 0 Å². The average molecular weight is 323 g/mol. The molecule has 4 nitrogen and oxygen atoms in total. The van der Waals surface area contributed by atoms with Crippen LogP contribution in [0.3, 0.4) is 0 Å². The van der Waals surface area contributed by atoms with Gasteiger partial charge in [0.05, 0.1) is 18.4 Å². The van der Waals surface area contributed by atoms with E-state index in [9.17, 15) is 4.79 Å². The molecule has 0 aromatic heterocycles. The molecule has 0 radical (unpaired) electrons. The number of hydrogen-bond donors (Lipinski definition) is 0. The van der Waals surface area contributed by atoms with Crippen LogP contribution in [0.25, 0.3) is 0 Å². The summed E-state index contributed by atoms with van der Waals surface area (Å²) in [4.78, 5) is 17.1. The van der Waals surface area contributed by atoms with Gasteiger partial charge in [-0.1, -0.05) is 35.0 Å². The van der Waals surface area contributed by atoms with E-state index in [1.54, 1.807) is 19.2 Å². The molecule has 1 fully saturated rings. The maximum Gasteiger partial charge on any atom is 0.365 e. The first-order valence-electron chi connectivity index (χ1n) is 8.05. The molecule has 24 heavy (non-hydrogen) atoms. The Kier molecular flexibility index (Phi) is 4.65. The summed E-state index contributed by atoms with van der Waals surface area (Å²) in [6.45, 7) is 3.89. The van der Waals surface area contributed by atoms with E-state index in [4.69, 9.17) is 9.57 Å². The third-order valence-electron chi connectivity index (χ3n) is 4.43. The second-order valence-electron chi connectivity index (χ2n) is 6.20. The summed E-state index contributed by atoms with van der Waals surface area (Å²) in [7, 11) is 1.66. The summed E-state index contributed by atoms with van der Waals surface area (Å²) in [6, 6.07) is 15.4. The zero-order valence-corrected chi connectivity index (χ0v) is 14.2. The van der Waals surface area contributed by atoms with Crippen LogP contribution in [0.4, 0.5) is 0 Å². The van der Waals surface area contributed by atoms with Crippen LogP contribution in [0, 0.1) is 12.8 Å². The predicted octanol–water partition coefficient (Wildman–Crippen LogP) is 4.34. The largest absolute Gasteiger partial charge is 0.497 e. The Balaban J connectivity index is 1.58. The number of hydrogen-bond acceptors (Lipinski definition) is 4. The molecule has 0 N–H and O–H groups in total. The SMILES string of the molecule is COc1ccc([C@H]2C[C@@H]2/C(C)=N\OC(=O)c2ccc(C)cc2)cc1. The molecule has 4 heteroatoms. The molecule has 2 aromatic rings. The summed E-state index contributed by atoms with van der Waals surface area (Å²) in [5.74, 6) is 1.21. The smallest absolute Gasteiger partial charge is 0.365 e. The Morgan fingerprint density at radius 1 is 1.08 bits per heavy atom. The van der Waals surface area contributed by atoms with Crippen molar-refractivity contribution in [2.75, 3.05) is 7.11 Å². The molecule has 0 unspecified atom stereocenters. The van der Waals surface area contributed by atoms with Gasteiger partial charge in [0.1, 0.15) is 5.75 Å². The number of oxime groups is 1. The number of ether oxygens (including phenoxy) is 1. The minimum atomic E-state index is -0.420. The highest BCUT2D eigenvalue weighted by Gasteiger charge is 2.40. The lowest BCUT2D eigenvalue weighted by atomic mass is 10.1. The van der Waals surface area contributed by atoms with Crippen LogP contribution in [-0.2, 0) is 4.84 Å². The fraction of sp³-hybridized carbons (Fsp3) is 0.300. The van der Waals surface area contributed by atoms with Crippen molar-refractivity contribution in [3.8, 4) is 5.75 Å². The van der Waals surface area contributed by atoms with Crippen LogP contribution in [0.1, 0.15) is 40.7 Å². The van der Waals surface area contributed by atoms with Gasteiger partial charge in [-0.25, -0.2) is 4.79 Å². The molecule has 124 valence electrons. The molecular weight excluding hydrogens is 302 g/mol. The van der Waals surface area contributed by atoms with Gasteiger partial charge >= 0.3 is 5.97 Å². The lowest BCUT2D eigenvalue weighted by Crippen LogP contribution is -2.04. The normalized spacial score (nSPS) is 19.7. The molecule has 0 amide bonds. The van der Waals surface area contributed by atoms with Crippen molar-refractivity contribution < 1.29 is 14.4 Å². The molecule has 0 bridgehead atoms. The molecule has 1 aliphatic carbocycles. The van der Waals surface area contributed by atoms with Crippen LogP contribution in [0.2, 0.25) is 0 Å². The van der Waals surface area contributed by atoms with E-state index in [1.807, 2.05) is 38.1 Å². The molecule has 0 heterocycles. The van der Waals surface area contributed by atoms with Crippen molar-refractivity contribution in [2.24, 2.45) is 11.1 Å². The first-order valence-corrected chi connectivity index (χ1v) is 8.05. The number of aryl methyl sites for hydroxylation is 1. The van der Waals surface area contributed by atoms with E-state index in [0.29, 0.717) is 17.4 Å². The van der Waals surface area contributed by atoms with Gasteiger partial charge in [0.15, 0.2) is 0 Å². The van der Waals surface area contributed by atoms with Crippen molar-refractivity contribution in [3.63, 3.8) is 0 Å². The van der Waals surface area contributed by atoms with Crippen LogP contribution in [0.15, 0.2) is 53.7 Å². The number of rotatable bonds is 5. The highest BCUT2D eigenvalue weighted by molar-refractivity contribution is 5.91. The Labute approximate surface area is 142 Å². The van der Waals surface area contributed by atoms with Gasteiger partial charge in [0, 0.05) is 5.92 Å².